The highest BCUT2D eigenvalue weighted by atomic mass is 19.1. The van der Waals surface area contributed by atoms with Crippen molar-refractivity contribution in [2.24, 2.45) is 40.4 Å². The molecular weight excluding hydrogens is 473 g/mol. The van der Waals surface area contributed by atoms with Gasteiger partial charge >= 0.3 is 0 Å². The lowest BCUT2D eigenvalue weighted by Crippen LogP contribution is -2.64. The van der Waals surface area contributed by atoms with Gasteiger partial charge in [0.1, 0.15) is 12.8 Å². The molecule has 9 unspecified atom stereocenters. The topological polar surface area (TPSA) is 87.1 Å². The maximum atomic E-state index is 15.7. The number of fused-ring (bicyclic) bond motifs is 7. The van der Waals surface area contributed by atoms with E-state index in [1.165, 1.54) is 44.3 Å². The molecule has 9 atom stereocenters. The smallest absolute Gasteiger partial charge is 0.192 e. The molecule has 1 aliphatic heterocycles. The van der Waals surface area contributed by atoms with Crippen LogP contribution in [-0.2, 0) is 14.4 Å². The highest BCUT2D eigenvalue weighted by Crippen LogP contribution is 2.70. The molecule has 5 fully saturated rings. The van der Waals surface area contributed by atoms with Crippen LogP contribution in [-0.4, -0.2) is 64.4 Å². The summed E-state index contributed by atoms with van der Waals surface area (Å²) in [5.41, 5.74) is -2.14. The highest BCUT2D eigenvalue weighted by molar-refractivity contribution is 6.01. The van der Waals surface area contributed by atoms with Crippen LogP contribution in [0.2, 0.25) is 0 Å². The first-order valence-electron chi connectivity index (χ1n) is 14.5. The second-order valence-electron chi connectivity index (χ2n) is 13.3. The molecule has 2 N–H and O–H groups in total. The van der Waals surface area contributed by atoms with Gasteiger partial charge in [-0.05, 0) is 61.2 Å². The molecule has 0 bridgehead atoms. The zero-order valence-corrected chi connectivity index (χ0v) is 22.2. The van der Waals surface area contributed by atoms with Gasteiger partial charge in [0, 0.05) is 35.8 Å². The van der Waals surface area contributed by atoms with Crippen molar-refractivity contribution < 1.29 is 29.0 Å². The van der Waals surface area contributed by atoms with Crippen LogP contribution in [0.5, 0.6) is 0 Å². The predicted molar refractivity (Wildman–Crippen MR) is 136 cm³/mol. The highest BCUT2D eigenvalue weighted by Gasteiger charge is 2.75. The molecule has 6 aliphatic rings. The standard InChI is InChI=1S/C30H42FNO5/c1-28-10-8-20(34)13-23(28)24(31)14-21-22-12-19-16-32(11-9-18-6-4-3-5-7-18)37-30(19,26(36)17-33)29(22,2)15-25(35)27(21)28/h8,10,13,18-19,21-22,24-25,27,33,35H,3-7,9,11-12,14-17H2,1-2H3. The molecule has 0 aromatic carbocycles. The molecule has 1 saturated heterocycles. The fourth-order valence-corrected chi connectivity index (χ4v) is 10.0. The van der Waals surface area contributed by atoms with E-state index in [9.17, 15) is 19.8 Å². The van der Waals surface area contributed by atoms with E-state index in [1.807, 2.05) is 18.9 Å². The van der Waals surface area contributed by atoms with Crippen LogP contribution in [0.4, 0.5) is 4.39 Å². The summed E-state index contributed by atoms with van der Waals surface area (Å²) in [5, 5.41) is 23.8. The Balaban J connectivity index is 1.30. The van der Waals surface area contributed by atoms with Crippen molar-refractivity contribution in [2.45, 2.75) is 89.5 Å². The van der Waals surface area contributed by atoms with Crippen LogP contribution in [0.1, 0.15) is 71.6 Å². The Hall–Kier alpha value is -1.41. The summed E-state index contributed by atoms with van der Waals surface area (Å²) in [6, 6.07) is 0. The fourth-order valence-electron chi connectivity index (χ4n) is 10.0. The van der Waals surface area contributed by atoms with Crippen LogP contribution in [0.25, 0.3) is 0 Å². The first-order valence-corrected chi connectivity index (χ1v) is 14.5. The van der Waals surface area contributed by atoms with Crippen LogP contribution < -0.4 is 0 Å². The number of carbonyl (C=O) groups is 2. The normalized spacial score (nSPS) is 47.7. The minimum atomic E-state index is -1.26. The molecule has 0 spiro atoms. The van der Waals surface area contributed by atoms with Gasteiger partial charge in [0.15, 0.2) is 17.2 Å². The summed E-state index contributed by atoms with van der Waals surface area (Å²) < 4.78 is 15.7. The number of aliphatic hydroxyl groups excluding tert-OH is 2. The molecular formula is C30H42FNO5. The molecule has 6 nitrogen and oxygen atoms in total. The third-order valence-corrected chi connectivity index (χ3v) is 11.6. The number of alkyl halides is 1. The Morgan fingerprint density at radius 1 is 1.22 bits per heavy atom. The third-order valence-electron chi connectivity index (χ3n) is 11.6. The van der Waals surface area contributed by atoms with Gasteiger partial charge in [-0.2, -0.15) is 5.06 Å². The first kappa shape index (κ1) is 25.8. The number of ketones is 2. The van der Waals surface area contributed by atoms with Gasteiger partial charge in [0.25, 0.3) is 0 Å². The van der Waals surface area contributed by atoms with Crippen LogP contribution in [0.3, 0.4) is 0 Å². The number of aliphatic hydroxyl groups is 2. The van der Waals surface area contributed by atoms with Gasteiger partial charge in [0.2, 0.25) is 0 Å². The average Bonchev–Trinajstić information content (AvgIpc) is 3.36. The van der Waals surface area contributed by atoms with E-state index in [2.05, 4.69) is 0 Å². The third kappa shape index (κ3) is 3.63. The number of nitrogens with zero attached hydrogens (tertiary/aromatic N) is 1. The molecule has 0 aromatic rings. The number of rotatable bonds is 5. The number of carbonyl (C=O) groups excluding carboxylic acids is 2. The summed E-state index contributed by atoms with van der Waals surface area (Å²) in [7, 11) is 0. The molecule has 0 aromatic heterocycles. The van der Waals surface area contributed by atoms with Gasteiger partial charge in [-0.25, -0.2) is 4.39 Å². The second kappa shape index (κ2) is 9.07. The number of hydrogen-bond donors (Lipinski definition) is 2. The Morgan fingerprint density at radius 2 is 1.97 bits per heavy atom. The lowest BCUT2D eigenvalue weighted by molar-refractivity contribution is -0.252. The van der Waals surface area contributed by atoms with E-state index >= 15 is 4.39 Å². The lowest BCUT2D eigenvalue weighted by atomic mass is 9.46. The van der Waals surface area contributed by atoms with E-state index in [-0.39, 0.29) is 41.7 Å². The summed E-state index contributed by atoms with van der Waals surface area (Å²) in [4.78, 5) is 32.3. The van der Waals surface area contributed by atoms with E-state index < -0.39 is 35.3 Å². The van der Waals surface area contributed by atoms with Crippen molar-refractivity contribution in [3.8, 4) is 0 Å². The molecule has 0 radical (unpaired) electrons. The minimum absolute atomic E-state index is 0.00968. The molecule has 37 heavy (non-hydrogen) atoms. The van der Waals surface area contributed by atoms with Gasteiger partial charge in [-0.1, -0.05) is 52.0 Å². The van der Waals surface area contributed by atoms with Crippen LogP contribution >= 0.6 is 0 Å². The lowest BCUT2D eigenvalue weighted by Gasteiger charge is -2.60. The van der Waals surface area contributed by atoms with Gasteiger partial charge in [-0.15, -0.1) is 0 Å². The van der Waals surface area contributed by atoms with Crippen LogP contribution in [0, 0.1) is 40.4 Å². The largest absolute Gasteiger partial charge is 0.393 e. The monoisotopic (exact) mass is 515 g/mol. The van der Waals surface area contributed by atoms with E-state index in [4.69, 9.17) is 4.84 Å². The Bertz CT molecular complexity index is 1020. The minimum Gasteiger partial charge on any atom is -0.393 e. The van der Waals surface area contributed by atoms with Crippen molar-refractivity contribution in [1.82, 2.24) is 5.06 Å². The SMILES string of the molecule is CC12C=CC(=O)C=C1C(F)CC1C2C(O)CC2(C)C1CC1CN(CCC3CCCCC3)OC12C(=O)CO. The maximum Gasteiger partial charge on any atom is 0.192 e. The van der Waals surface area contributed by atoms with Crippen LogP contribution in [0.15, 0.2) is 23.8 Å². The van der Waals surface area contributed by atoms with Crippen molar-refractivity contribution in [3.63, 3.8) is 0 Å². The predicted octanol–water partition coefficient (Wildman–Crippen LogP) is 3.96. The van der Waals surface area contributed by atoms with Crippen molar-refractivity contribution in [3.05, 3.63) is 23.8 Å². The van der Waals surface area contributed by atoms with Crippen molar-refractivity contribution in [2.75, 3.05) is 19.7 Å². The average molecular weight is 516 g/mol. The van der Waals surface area contributed by atoms with Crippen molar-refractivity contribution >= 4 is 11.6 Å². The molecule has 0 amide bonds. The Labute approximate surface area is 219 Å². The molecule has 204 valence electrons. The van der Waals surface area contributed by atoms with Gasteiger partial charge in [0.05, 0.1) is 6.10 Å². The quantitative estimate of drug-likeness (QED) is 0.577. The first-order chi connectivity index (χ1) is 17.6. The summed E-state index contributed by atoms with van der Waals surface area (Å²) in [6.07, 6.45) is 11.5. The number of Topliss-reactive ketones (excluding diaryl/α,β-unsaturated/α-hetero) is 1. The molecule has 1 heterocycles. The zero-order chi connectivity index (χ0) is 26.2. The summed E-state index contributed by atoms with van der Waals surface area (Å²) in [6.45, 7) is 4.80. The van der Waals surface area contributed by atoms with E-state index in [0.29, 0.717) is 24.5 Å². The Kier molecular flexibility index (Phi) is 6.34. The molecule has 7 heteroatoms. The molecule has 5 aliphatic carbocycles. The van der Waals surface area contributed by atoms with Gasteiger partial charge < -0.3 is 10.2 Å². The van der Waals surface area contributed by atoms with E-state index in [0.717, 1.165) is 19.4 Å². The van der Waals surface area contributed by atoms with Crippen molar-refractivity contribution in [1.29, 1.82) is 0 Å². The van der Waals surface area contributed by atoms with Gasteiger partial charge in [-0.3, -0.25) is 14.4 Å². The number of allylic oxidation sites excluding steroid dienone is 4. The number of halogens is 1. The summed E-state index contributed by atoms with van der Waals surface area (Å²) in [5.74, 6) is -0.280. The second-order valence-corrected chi connectivity index (χ2v) is 13.3. The maximum absolute atomic E-state index is 15.7. The number of hydrogen-bond acceptors (Lipinski definition) is 6. The molecule has 6 rings (SSSR count). The number of hydroxylamine groups is 2. The zero-order valence-electron chi connectivity index (χ0n) is 22.2. The Morgan fingerprint density at radius 3 is 2.70 bits per heavy atom. The fraction of sp³-hybridized carbons (Fsp3) is 0.800. The molecule has 4 saturated carbocycles. The van der Waals surface area contributed by atoms with E-state index in [1.54, 1.807) is 6.08 Å². The summed E-state index contributed by atoms with van der Waals surface area (Å²) >= 11 is 0.